The van der Waals surface area contributed by atoms with E-state index in [0.29, 0.717) is 23.1 Å². The largest absolute Gasteiger partial charge is 0.489 e. The summed E-state index contributed by atoms with van der Waals surface area (Å²) in [6, 6.07) is 35.7. The number of rotatable bonds is 10. The molecule has 7 nitrogen and oxygen atoms in total. The number of sulfonamides is 1. The van der Waals surface area contributed by atoms with Crippen molar-refractivity contribution in [1.82, 2.24) is 5.43 Å². The molecule has 0 atom stereocenters. The Balaban J connectivity index is 1.21. The summed E-state index contributed by atoms with van der Waals surface area (Å²) >= 11 is 5.98. The van der Waals surface area contributed by atoms with E-state index in [0.717, 1.165) is 26.2 Å². The van der Waals surface area contributed by atoms with Crippen LogP contribution in [-0.2, 0) is 21.4 Å². The Morgan fingerprint density at radius 1 is 0.829 bits per heavy atom. The van der Waals surface area contributed by atoms with Gasteiger partial charge in [0, 0.05) is 5.02 Å². The Bertz CT molecular complexity index is 1770. The van der Waals surface area contributed by atoms with E-state index in [4.69, 9.17) is 16.3 Å². The minimum absolute atomic E-state index is 0.0639. The van der Waals surface area contributed by atoms with Crippen LogP contribution in [0.4, 0.5) is 5.69 Å². The van der Waals surface area contributed by atoms with Crippen molar-refractivity contribution < 1.29 is 17.9 Å². The van der Waals surface area contributed by atoms with E-state index < -0.39 is 22.5 Å². The van der Waals surface area contributed by atoms with Crippen molar-refractivity contribution in [3.63, 3.8) is 0 Å². The number of amides is 1. The predicted molar refractivity (Wildman–Crippen MR) is 163 cm³/mol. The summed E-state index contributed by atoms with van der Waals surface area (Å²) in [6.07, 6.45) is 1.48. The van der Waals surface area contributed by atoms with Crippen molar-refractivity contribution in [2.45, 2.75) is 11.5 Å². The lowest BCUT2D eigenvalue weighted by Crippen LogP contribution is -2.39. The second-order valence-electron chi connectivity index (χ2n) is 9.09. The number of fused-ring (bicyclic) bond motifs is 1. The first-order valence-corrected chi connectivity index (χ1v) is 14.6. The monoisotopic (exact) mass is 583 g/mol. The number of halogens is 1. The fourth-order valence-corrected chi connectivity index (χ4v) is 5.78. The van der Waals surface area contributed by atoms with Gasteiger partial charge in [0.25, 0.3) is 15.9 Å². The molecule has 5 rings (SSSR count). The minimum atomic E-state index is -4.02. The van der Waals surface area contributed by atoms with Crippen molar-refractivity contribution in [3.05, 3.63) is 137 Å². The lowest BCUT2D eigenvalue weighted by atomic mass is 10.1. The lowest BCUT2D eigenvalue weighted by molar-refractivity contribution is -0.119. The summed E-state index contributed by atoms with van der Waals surface area (Å²) in [6.45, 7) is -0.0436. The van der Waals surface area contributed by atoms with Crippen molar-refractivity contribution in [1.29, 1.82) is 0 Å². The number of ether oxygens (including phenoxy) is 1. The first-order chi connectivity index (χ1) is 19.9. The van der Waals surface area contributed by atoms with Crippen LogP contribution in [0, 0.1) is 0 Å². The highest BCUT2D eigenvalue weighted by Gasteiger charge is 2.27. The highest BCUT2D eigenvalue weighted by atomic mass is 35.5. The van der Waals surface area contributed by atoms with Gasteiger partial charge in [0.2, 0.25) is 0 Å². The quantitative estimate of drug-likeness (QED) is 0.152. The number of nitrogens with zero attached hydrogens (tertiary/aromatic N) is 2. The Hall–Kier alpha value is -4.66. The molecule has 5 aromatic carbocycles. The molecule has 5 aromatic rings. The summed E-state index contributed by atoms with van der Waals surface area (Å²) in [5, 5.41) is 6.77. The fourth-order valence-electron chi connectivity index (χ4n) is 4.22. The van der Waals surface area contributed by atoms with Gasteiger partial charge in [-0.05, 0) is 82.6 Å². The molecule has 0 aliphatic heterocycles. The number of carbonyl (C=O) groups is 1. The summed E-state index contributed by atoms with van der Waals surface area (Å²) in [5.74, 6) is 0.0922. The molecule has 1 amide bonds. The van der Waals surface area contributed by atoms with E-state index in [1.807, 2.05) is 48.5 Å². The van der Waals surface area contributed by atoms with Crippen LogP contribution in [0.2, 0.25) is 5.02 Å². The lowest BCUT2D eigenvalue weighted by Gasteiger charge is -2.23. The highest BCUT2D eigenvalue weighted by molar-refractivity contribution is 7.92. The van der Waals surface area contributed by atoms with Gasteiger partial charge >= 0.3 is 0 Å². The van der Waals surface area contributed by atoms with Crippen molar-refractivity contribution >= 4 is 50.2 Å². The van der Waals surface area contributed by atoms with Crippen LogP contribution in [0.25, 0.3) is 10.8 Å². The van der Waals surface area contributed by atoms with Crippen molar-refractivity contribution in [2.24, 2.45) is 5.10 Å². The second kappa shape index (κ2) is 12.7. The molecule has 41 heavy (non-hydrogen) atoms. The maximum Gasteiger partial charge on any atom is 0.264 e. The first-order valence-electron chi connectivity index (χ1n) is 12.7. The molecule has 0 radical (unpaired) electrons. The van der Waals surface area contributed by atoms with Crippen molar-refractivity contribution in [2.75, 3.05) is 10.8 Å². The molecule has 0 spiro atoms. The number of hydrogen-bond donors (Lipinski definition) is 1. The molecule has 0 saturated carbocycles. The summed E-state index contributed by atoms with van der Waals surface area (Å²) in [4.78, 5) is 12.8. The van der Waals surface area contributed by atoms with Crippen molar-refractivity contribution in [3.8, 4) is 5.75 Å². The Morgan fingerprint density at radius 2 is 1.51 bits per heavy atom. The van der Waals surface area contributed by atoms with Gasteiger partial charge in [-0.1, -0.05) is 72.3 Å². The number of carbonyl (C=O) groups excluding carboxylic acids is 1. The van der Waals surface area contributed by atoms with E-state index in [2.05, 4.69) is 28.7 Å². The number of hydrazone groups is 1. The molecule has 0 unspecified atom stereocenters. The average Bonchev–Trinajstić information content (AvgIpc) is 3.00. The average molecular weight is 584 g/mol. The predicted octanol–water partition coefficient (Wildman–Crippen LogP) is 6.42. The molecular weight excluding hydrogens is 558 g/mol. The van der Waals surface area contributed by atoms with Gasteiger partial charge in [-0.15, -0.1) is 0 Å². The summed E-state index contributed by atoms with van der Waals surface area (Å²) in [5.41, 5.74) is 4.54. The third-order valence-corrected chi connectivity index (χ3v) is 8.33. The molecule has 0 fully saturated rings. The second-order valence-corrected chi connectivity index (χ2v) is 11.4. The molecule has 9 heteroatoms. The molecule has 0 aromatic heterocycles. The molecule has 206 valence electrons. The Labute approximate surface area is 243 Å². The molecule has 0 aliphatic rings. The van der Waals surface area contributed by atoms with Gasteiger partial charge in [0.05, 0.1) is 16.8 Å². The third kappa shape index (κ3) is 6.92. The maximum absolute atomic E-state index is 13.4. The summed E-state index contributed by atoms with van der Waals surface area (Å²) in [7, 11) is -4.02. The van der Waals surface area contributed by atoms with Gasteiger partial charge in [-0.3, -0.25) is 9.10 Å². The van der Waals surface area contributed by atoms with Gasteiger partial charge < -0.3 is 4.74 Å². The van der Waals surface area contributed by atoms with E-state index in [9.17, 15) is 13.2 Å². The minimum Gasteiger partial charge on any atom is -0.489 e. The number of nitrogens with one attached hydrogen (secondary N) is 1. The molecule has 0 aliphatic carbocycles. The molecule has 0 bridgehead atoms. The zero-order valence-electron chi connectivity index (χ0n) is 21.9. The van der Waals surface area contributed by atoms with Gasteiger partial charge in [0.1, 0.15) is 18.9 Å². The number of hydrogen-bond acceptors (Lipinski definition) is 5. The smallest absolute Gasteiger partial charge is 0.264 e. The molecular formula is C32H26ClN3O4S. The standard InChI is InChI=1S/C32H26ClN3O4S/c33-27-15-17-28(18-16-27)36(41(38,39)30-10-2-1-3-11-30)22-32(37)35-34-21-24-13-19-29(20-14-24)40-23-26-9-6-8-25-7-4-5-12-31(25)26/h1-21H,22-23H2,(H,35,37)/b34-21+. The number of benzene rings is 5. The third-order valence-electron chi connectivity index (χ3n) is 6.29. The van der Waals surface area contributed by atoms with Crippen LogP contribution < -0.4 is 14.5 Å². The van der Waals surface area contributed by atoms with Gasteiger partial charge in [0.15, 0.2) is 0 Å². The van der Waals surface area contributed by atoms with Crippen LogP contribution in [0.3, 0.4) is 0 Å². The van der Waals surface area contributed by atoms with E-state index in [1.165, 1.54) is 18.3 Å². The van der Waals surface area contributed by atoms with Crippen LogP contribution in [0.15, 0.2) is 131 Å². The first kappa shape index (κ1) is 27.9. The molecule has 0 saturated heterocycles. The highest BCUT2D eigenvalue weighted by Crippen LogP contribution is 2.25. The van der Waals surface area contributed by atoms with Crippen LogP contribution in [0.1, 0.15) is 11.1 Å². The summed E-state index contributed by atoms with van der Waals surface area (Å²) < 4.78 is 33.7. The SMILES string of the molecule is O=C(CN(c1ccc(Cl)cc1)S(=O)(=O)c1ccccc1)N/N=C/c1ccc(OCc2cccc3ccccc23)cc1. The van der Waals surface area contributed by atoms with Crippen LogP contribution in [0.5, 0.6) is 5.75 Å². The molecule has 0 heterocycles. The zero-order valence-corrected chi connectivity index (χ0v) is 23.4. The topological polar surface area (TPSA) is 88.1 Å². The van der Waals surface area contributed by atoms with E-state index >= 15 is 0 Å². The van der Waals surface area contributed by atoms with Gasteiger partial charge in [-0.25, -0.2) is 13.8 Å². The van der Waals surface area contributed by atoms with Crippen LogP contribution >= 0.6 is 11.6 Å². The normalized spacial score (nSPS) is 11.4. The zero-order chi connectivity index (χ0) is 28.7. The van der Waals surface area contributed by atoms with E-state index in [1.54, 1.807) is 42.5 Å². The number of anilines is 1. The molecule has 1 N–H and O–H groups in total. The Kier molecular flexibility index (Phi) is 8.62. The Morgan fingerprint density at radius 3 is 2.27 bits per heavy atom. The maximum atomic E-state index is 13.4. The van der Waals surface area contributed by atoms with Crippen LogP contribution in [-0.4, -0.2) is 27.1 Å². The fraction of sp³-hybridized carbons (Fsp3) is 0.0625. The van der Waals surface area contributed by atoms with Gasteiger partial charge in [-0.2, -0.15) is 5.10 Å². The van der Waals surface area contributed by atoms with E-state index in [-0.39, 0.29) is 4.90 Å².